The maximum Gasteiger partial charge on any atom is 0.0930 e. The molecular weight excluding hydrogens is 400 g/mol. The average molecular weight is 429 g/mol. The summed E-state index contributed by atoms with van der Waals surface area (Å²) in [4.78, 5) is 4.98. The molecule has 0 amide bonds. The summed E-state index contributed by atoms with van der Waals surface area (Å²) in [5.41, 5.74) is 3.74. The summed E-state index contributed by atoms with van der Waals surface area (Å²) in [5, 5.41) is 14.2. The van der Waals surface area contributed by atoms with Crippen LogP contribution in [-0.2, 0) is 0 Å². The van der Waals surface area contributed by atoms with Gasteiger partial charge in [-0.25, -0.2) is 0 Å². The molecule has 0 saturated carbocycles. The largest absolute Gasteiger partial charge is 0.387 e. The van der Waals surface area contributed by atoms with Crippen LogP contribution in [-0.4, -0.2) is 47.6 Å². The lowest BCUT2D eigenvalue weighted by Gasteiger charge is -2.40. The monoisotopic (exact) mass is 428 g/mol. The van der Waals surface area contributed by atoms with Crippen LogP contribution in [0.15, 0.2) is 90.3 Å². The van der Waals surface area contributed by atoms with Gasteiger partial charge in [-0.05, 0) is 28.0 Å². The Hall–Kier alpha value is -2.50. The van der Waals surface area contributed by atoms with E-state index in [9.17, 15) is 5.11 Å². The quantitative estimate of drug-likeness (QED) is 0.449. The Labute approximate surface area is 188 Å². The number of piperazine rings is 1. The third kappa shape index (κ3) is 4.43. The zero-order valence-corrected chi connectivity index (χ0v) is 18.4. The Bertz CT molecular complexity index is 1060. The molecule has 5 rings (SSSR count). The zero-order chi connectivity index (χ0) is 21.0. The molecule has 1 saturated heterocycles. The van der Waals surface area contributed by atoms with E-state index in [-0.39, 0.29) is 6.04 Å². The first-order chi connectivity index (χ1) is 15.3. The molecule has 1 unspecified atom stereocenters. The average Bonchev–Trinajstić information content (AvgIpc) is 3.26. The SMILES string of the molecule is OC(CN1CCN(C(c2ccccc2)c2ccccc2)CC1)c1csc2ccccc12. The van der Waals surface area contributed by atoms with Gasteiger partial charge in [-0.2, -0.15) is 0 Å². The van der Waals surface area contributed by atoms with Gasteiger partial charge in [0.15, 0.2) is 0 Å². The Morgan fingerprint density at radius 2 is 1.32 bits per heavy atom. The lowest BCUT2D eigenvalue weighted by atomic mass is 9.96. The summed E-state index contributed by atoms with van der Waals surface area (Å²) in [6.45, 7) is 4.61. The number of benzene rings is 3. The van der Waals surface area contributed by atoms with Gasteiger partial charge in [0.2, 0.25) is 0 Å². The van der Waals surface area contributed by atoms with Crippen LogP contribution >= 0.6 is 11.3 Å². The second kappa shape index (κ2) is 9.33. The van der Waals surface area contributed by atoms with Crippen LogP contribution in [0.3, 0.4) is 0 Å². The van der Waals surface area contributed by atoms with E-state index >= 15 is 0 Å². The van der Waals surface area contributed by atoms with Gasteiger partial charge in [-0.15, -0.1) is 11.3 Å². The van der Waals surface area contributed by atoms with Gasteiger partial charge in [0.05, 0.1) is 12.1 Å². The van der Waals surface area contributed by atoms with Crippen molar-refractivity contribution in [2.75, 3.05) is 32.7 Å². The molecule has 158 valence electrons. The molecule has 2 heterocycles. The van der Waals surface area contributed by atoms with Gasteiger partial charge >= 0.3 is 0 Å². The molecule has 0 spiro atoms. The van der Waals surface area contributed by atoms with Crippen LogP contribution in [0.2, 0.25) is 0 Å². The Kier molecular flexibility index (Phi) is 6.14. The first-order valence-corrected chi connectivity index (χ1v) is 11.9. The molecule has 1 atom stereocenters. The third-order valence-electron chi connectivity index (χ3n) is 6.30. The minimum absolute atomic E-state index is 0.273. The van der Waals surface area contributed by atoms with Crippen LogP contribution in [0, 0.1) is 0 Å². The van der Waals surface area contributed by atoms with Gasteiger partial charge in [0, 0.05) is 43.0 Å². The van der Waals surface area contributed by atoms with Gasteiger partial charge in [0.1, 0.15) is 0 Å². The first kappa shape index (κ1) is 20.4. The fourth-order valence-electron chi connectivity index (χ4n) is 4.69. The number of thiophene rings is 1. The van der Waals surface area contributed by atoms with E-state index in [0.717, 1.165) is 31.7 Å². The molecule has 1 fully saturated rings. The van der Waals surface area contributed by atoms with E-state index in [1.807, 2.05) is 0 Å². The van der Waals surface area contributed by atoms with E-state index in [4.69, 9.17) is 0 Å². The summed E-state index contributed by atoms with van der Waals surface area (Å²) < 4.78 is 1.25. The molecule has 1 aliphatic rings. The number of rotatable bonds is 6. The fraction of sp³-hybridized carbons (Fsp3) is 0.259. The van der Waals surface area contributed by atoms with Gasteiger partial charge in [-0.3, -0.25) is 9.80 Å². The standard InChI is InChI=1S/C27H28N2OS/c30-25(24-20-31-26-14-8-7-13-23(24)26)19-28-15-17-29(18-16-28)27(21-9-3-1-4-10-21)22-11-5-2-6-12-22/h1-14,20,25,27,30H,15-19H2. The molecule has 0 radical (unpaired) electrons. The molecule has 0 bridgehead atoms. The van der Waals surface area contributed by atoms with Crippen molar-refractivity contribution in [3.05, 3.63) is 107 Å². The summed E-state index contributed by atoms with van der Waals surface area (Å²) in [5.74, 6) is 0. The molecule has 3 nitrogen and oxygen atoms in total. The predicted molar refractivity (Wildman–Crippen MR) is 130 cm³/mol. The minimum atomic E-state index is -0.443. The van der Waals surface area contributed by atoms with E-state index in [0.29, 0.717) is 6.54 Å². The van der Waals surface area contributed by atoms with Crippen LogP contribution in [0.25, 0.3) is 10.1 Å². The van der Waals surface area contributed by atoms with Gasteiger partial charge < -0.3 is 5.11 Å². The number of aliphatic hydroxyl groups is 1. The maximum absolute atomic E-state index is 10.9. The predicted octanol–water partition coefficient (Wildman–Crippen LogP) is 5.34. The van der Waals surface area contributed by atoms with E-state index < -0.39 is 6.10 Å². The zero-order valence-electron chi connectivity index (χ0n) is 17.6. The van der Waals surface area contributed by atoms with Crippen molar-refractivity contribution in [1.29, 1.82) is 0 Å². The van der Waals surface area contributed by atoms with E-state index in [1.54, 1.807) is 11.3 Å². The van der Waals surface area contributed by atoms with Crippen molar-refractivity contribution in [2.24, 2.45) is 0 Å². The number of fused-ring (bicyclic) bond motifs is 1. The smallest absolute Gasteiger partial charge is 0.0930 e. The summed E-state index contributed by atoms with van der Waals surface area (Å²) in [6.07, 6.45) is -0.443. The van der Waals surface area contributed by atoms with Crippen molar-refractivity contribution in [1.82, 2.24) is 9.80 Å². The van der Waals surface area contributed by atoms with Crippen LogP contribution < -0.4 is 0 Å². The second-order valence-electron chi connectivity index (χ2n) is 8.26. The topological polar surface area (TPSA) is 26.7 Å². The molecule has 1 N–H and O–H groups in total. The number of hydrogen-bond donors (Lipinski definition) is 1. The highest BCUT2D eigenvalue weighted by molar-refractivity contribution is 7.17. The fourth-order valence-corrected chi connectivity index (χ4v) is 5.70. The first-order valence-electron chi connectivity index (χ1n) is 11.0. The van der Waals surface area contributed by atoms with Crippen molar-refractivity contribution in [3.8, 4) is 0 Å². The number of nitrogens with zero attached hydrogens (tertiary/aromatic N) is 2. The molecule has 0 aliphatic carbocycles. The molecule has 1 aliphatic heterocycles. The molecule has 31 heavy (non-hydrogen) atoms. The van der Waals surface area contributed by atoms with Crippen LogP contribution in [0.1, 0.15) is 28.8 Å². The lowest BCUT2D eigenvalue weighted by molar-refractivity contribution is 0.0629. The van der Waals surface area contributed by atoms with Crippen molar-refractivity contribution in [2.45, 2.75) is 12.1 Å². The summed E-state index contributed by atoms with van der Waals surface area (Å²) >= 11 is 1.72. The number of hydrogen-bond acceptors (Lipinski definition) is 4. The molecule has 4 heteroatoms. The Morgan fingerprint density at radius 3 is 1.97 bits per heavy atom. The number of β-amino-alcohol motifs (C(OH)–C–C–N with tert-alkyl or cyclic N) is 1. The van der Waals surface area contributed by atoms with Crippen molar-refractivity contribution >= 4 is 21.4 Å². The van der Waals surface area contributed by atoms with E-state index in [2.05, 4.69) is 100 Å². The molecule has 1 aromatic heterocycles. The highest BCUT2D eigenvalue weighted by Gasteiger charge is 2.27. The van der Waals surface area contributed by atoms with Crippen LogP contribution in [0.4, 0.5) is 0 Å². The van der Waals surface area contributed by atoms with Gasteiger partial charge in [0.25, 0.3) is 0 Å². The summed E-state index contributed by atoms with van der Waals surface area (Å²) in [6, 6.07) is 30.2. The highest BCUT2D eigenvalue weighted by atomic mass is 32.1. The Morgan fingerprint density at radius 1 is 0.742 bits per heavy atom. The highest BCUT2D eigenvalue weighted by Crippen LogP contribution is 2.32. The van der Waals surface area contributed by atoms with Crippen molar-refractivity contribution in [3.63, 3.8) is 0 Å². The third-order valence-corrected chi connectivity index (χ3v) is 7.29. The Balaban J connectivity index is 1.27. The molecular formula is C27H28N2OS. The van der Waals surface area contributed by atoms with E-state index in [1.165, 1.54) is 21.2 Å². The van der Waals surface area contributed by atoms with Crippen LogP contribution in [0.5, 0.6) is 0 Å². The summed E-state index contributed by atoms with van der Waals surface area (Å²) in [7, 11) is 0. The molecule has 3 aromatic carbocycles. The van der Waals surface area contributed by atoms with Crippen molar-refractivity contribution < 1.29 is 5.11 Å². The van der Waals surface area contributed by atoms with Gasteiger partial charge in [-0.1, -0.05) is 78.9 Å². The molecule has 4 aromatic rings. The minimum Gasteiger partial charge on any atom is -0.387 e. The number of aliphatic hydroxyl groups excluding tert-OH is 1. The second-order valence-corrected chi connectivity index (χ2v) is 9.17. The maximum atomic E-state index is 10.9. The normalized spacial score (nSPS) is 16.7. The lowest BCUT2D eigenvalue weighted by Crippen LogP contribution is -2.48.